The van der Waals surface area contributed by atoms with Crippen molar-refractivity contribution in [1.82, 2.24) is 14.9 Å². The van der Waals surface area contributed by atoms with Crippen molar-refractivity contribution in [2.45, 2.75) is 52.9 Å². The van der Waals surface area contributed by atoms with E-state index in [1.165, 1.54) is 11.3 Å². The second kappa shape index (κ2) is 5.30. The molecular formula is C17H23N3OS. The summed E-state index contributed by atoms with van der Waals surface area (Å²) in [6.45, 7) is 12.1. The lowest BCUT2D eigenvalue weighted by Gasteiger charge is -2.16. The van der Waals surface area contributed by atoms with E-state index in [2.05, 4.69) is 25.8 Å². The Morgan fingerprint density at radius 3 is 2.36 bits per heavy atom. The van der Waals surface area contributed by atoms with Crippen LogP contribution in [0.25, 0.3) is 10.2 Å². The number of aryl methyl sites for hydroxylation is 2. The molecule has 22 heavy (non-hydrogen) atoms. The van der Waals surface area contributed by atoms with Gasteiger partial charge in [-0.05, 0) is 32.3 Å². The molecule has 1 fully saturated rings. The van der Waals surface area contributed by atoms with Crippen LogP contribution >= 0.6 is 11.3 Å². The van der Waals surface area contributed by atoms with Gasteiger partial charge in [-0.1, -0.05) is 20.8 Å². The number of rotatable bonds is 1. The number of carbonyl (C=O) groups excluding carboxylic acids is 1. The average Bonchev–Trinajstić information content (AvgIpc) is 3.05. The van der Waals surface area contributed by atoms with Crippen LogP contribution in [-0.2, 0) is 5.41 Å². The quantitative estimate of drug-likeness (QED) is 0.803. The first-order valence-electron chi connectivity index (χ1n) is 7.86. The van der Waals surface area contributed by atoms with E-state index in [9.17, 15) is 4.79 Å². The summed E-state index contributed by atoms with van der Waals surface area (Å²) in [5.74, 6) is 1.01. The smallest absolute Gasteiger partial charge is 0.264 e. The first-order chi connectivity index (χ1) is 10.3. The Bertz CT molecular complexity index is 736. The molecule has 0 aromatic carbocycles. The molecule has 0 atom stereocenters. The largest absolute Gasteiger partial charge is 0.338 e. The molecule has 3 heterocycles. The molecule has 0 saturated carbocycles. The second-order valence-electron chi connectivity index (χ2n) is 7.12. The number of amides is 1. The molecule has 0 radical (unpaired) electrons. The lowest BCUT2D eigenvalue weighted by Crippen LogP contribution is -2.27. The van der Waals surface area contributed by atoms with Crippen LogP contribution < -0.4 is 0 Å². The van der Waals surface area contributed by atoms with Crippen molar-refractivity contribution < 1.29 is 4.79 Å². The normalized spacial score (nSPS) is 15.8. The van der Waals surface area contributed by atoms with Crippen LogP contribution in [0.4, 0.5) is 0 Å². The summed E-state index contributed by atoms with van der Waals surface area (Å²) < 4.78 is 0. The topological polar surface area (TPSA) is 46.1 Å². The molecule has 118 valence electrons. The zero-order valence-corrected chi connectivity index (χ0v) is 14.8. The van der Waals surface area contributed by atoms with Crippen molar-refractivity contribution in [2.75, 3.05) is 13.1 Å². The van der Waals surface area contributed by atoms with Crippen LogP contribution in [0.3, 0.4) is 0 Å². The molecule has 3 rings (SSSR count). The summed E-state index contributed by atoms with van der Waals surface area (Å²) in [5.41, 5.74) is 1.93. The Morgan fingerprint density at radius 2 is 1.77 bits per heavy atom. The molecule has 1 saturated heterocycles. The van der Waals surface area contributed by atoms with E-state index in [4.69, 9.17) is 4.98 Å². The molecule has 2 aromatic heterocycles. The molecule has 0 spiro atoms. The lowest BCUT2D eigenvalue weighted by atomic mass is 9.95. The van der Waals surface area contributed by atoms with Crippen molar-refractivity contribution in [2.24, 2.45) is 0 Å². The number of aromatic nitrogens is 2. The summed E-state index contributed by atoms with van der Waals surface area (Å²) in [5, 5.41) is 1.06. The average molecular weight is 317 g/mol. The van der Waals surface area contributed by atoms with E-state index in [0.717, 1.165) is 58.1 Å². The van der Waals surface area contributed by atoms with E-state index in [1.807, 2.05) is 18.7 Å². The van der Waals surface area contributed by atoms with Crippen LogP contribution in [0.1, 0.15) is 60.4 Å². The Morgan fingerprint density at radius 1 is 1.14 bits per heavy atom. The third-order valence-electron chi connectivity index (χ3n) is 4.23. The van der Waals surface area contributed by atoms with E-state index < -0.39 is 0 Å². The molecule has 1 aliphatic heterocycles. The Hall–Kier alpha value is -1.49. The van der Waals surface area contributed by atoms with Gasteiger partial charge in [0, 0.05) is 23.9 Å². The number of fused-ring (bicyclic) bond motifs is 1. The van der Waals surface area contributed by atoms with Crippen LogP contribution in [0.15, 0.2) is 0 Å². The van der Waals surface area contributed by atoms with Gasteiger partial charge >= 0.3 is 0 Å². The summed E-state index contributed by atoms with van der Waals surface area (Å²) in [7, 11) is 0. The number of carbonyl (C=O) groups is 1. The summed E-state index contributed by atoms with van der Waals surface area (Å²) in [6.07, 6.45) is 2.23. The predicted molar refractivity (Wildman–Crippen MR) is 90.7 cm³/mol. The van der Waals surface area contributed by atoms with Gasteiger partial charge in [-0.15, -0.1) is 11.3 Å². The maximum absolute atomic E-state index is 12.7. The Kier molecular flexibility index (Phi) is 3.71. The van der Waals surface area contributed by atoms with Gasteiger partial charge in [0.15, 0.2) is 0 Å². The molecule has 1 amide bonds. The number of nitrogens with zero attached hydrogens (tertiary/aromatic N) is 3. The summed E-state index contributed by atoms with van der Waals surface area (Å²) >= 11 is 1.52. The fraction of sp³-hybridized carbons (Fsp3) is 0.588. The fourth-order valence-corrected chi connectivity index (χ4v) is 4.14. The molecule has 5 heteroatoms. The van der Waals surface area contributed by atoms with Crippen LogP contribution in [0.2, 0.25) is 0 Å². The predicted octanol–water partition coefficient (Wildman–Crippen LogP) is 3.84. The van der Waals surface area contributed by atoms with E-state index in [0.29, 0.717) is 0 Å². The van der Waals surface area contributed by atoms with Gasteiger partial charge in [0.2, 0.25) is 0 Å². The standard InChI is InChI=1S/C17H23N3OS/c1-10-12-11(2)18-16(17(3,4)5)19-14(12)22-13(10)15(21)20-8-6-7-9-20/h6-9H2,1-5H3. The van der Waals surface area contributed by atoms with E-state index in [1.54, 1.807) is 0 Å². The highest BCUT2D eigenvalue weighted by atomic mass is 32.1. The molecule has 1 aliphatic rings. The maximum atomic E-state index is 12.7. The lowest BCUT2D eigenvalue weighted by molar-refractivity contribution is 0.0797. The minimum atomic E-state index is -0.0873. The summed E-state index contributed by atoms with van der Waals surface area (Å²) in [6, 6.07) is 0. The van der Waals surface area contributed by atoms with Crippen LogP contribution in [0, 0.1) is 13.8 Å². The number of thiophene rings is 1. The minimum absolute atomic E-state index is 0.0873. The second-order valence-corrected chi connectivity index (χ2v) is 8.12. The van der Waals surface area contributed by atoms with Crippen LogP contribution in [0.5, 0.6) is 0 Å². The zero-order valence-electron chi connectivity index (χ0n) is 14.0. The minimum Gasteiger partial charge on any atom is -0.338 e. The van der Waals surface area contributed by atoms with Gasteiger partial charge in [0.25, 0.3) is 5.91 Å². The highest BCUT2D eigenvalue weighted by Gasteiger charge is 2.26. The van der Waals surface area contributed by atoms with Crippen molar-refractivity contribution in [3.8, 4) is 0 Å². The van der Waals surface area contributed by atoms with Gasteiger partial charge in [-0.25, -0.2) is 9.97 Å². The molecular weight excluding hydrogens is 294 g/mol. The zero-order chi connectivity index (χ0) is 16.1. The number of hydrogen-bond acceptors (Lipinski definition) is 4. The molecule has 0 N–H and O–H groups in total. The van der Waals surface area contributed by atoms with Gasteiger partial charge in [0.1, 0.15) is 10.7 Å². The van der Waals surface area contributed by atoms with Crippen molar-refractivity contribution in [1.29, 1.82) is 0 Å². The van der Waals surface area contributed by atoms with Gasteiger partial charge in [-0.2, -0.15) is 0 Å². The monoisotopic (exact) mass is 317 g/mol. The molecule has 4 nitrogen and oxygen atoms in total. The number of hydrogen-bond donors (Lipinski definition) is 0. The first-order valence-corrected chi connectivity index (χ1v) is 8.68. The van der Waals surface area contributed by atoms with Crippen LogP contribution in [-0.4, -0.2) is 33.9 Å². The van der Waals surface area contributed by atoms with E-state index in [-0.39, 0.29) is 11.3 Å². The third-order valence-corrected chi connectivity index (χ3v) is 5.40. The third kappa shape index (κ3) is 2.51. The highest BCUT2D eigenvalue weighted by molar-refractivity contribution is 7.20. The molecule has 2 aromatic rings. The molecule has 0 aliphatic carbocycles. The van der Waals surface area contributed by atoms with E-state index >= 15 is 0 Å². The Balaban J connectivity index is 2.12. The first kappa shape index (κ1) is 15.4. The van der Waals surface area contributed by atoms with Gasteiger partial charge < -0.3 is 4.90 Å². The SMILES string of the molecule is Cc1nc(C(C)(C)C)nc2sc(C(=O)N3CCCC3)c(C)c12. The van der Waals surface area contributed by atoms with Crippen molar-refractivity contribution in [3.05, 3.63) is 22.0 Å². The van der Waals surface area contributed by atoms with Gasteiger partial charge in [0.05, 0.1) is 10.6 Å². The van der Waals surface area contributed by atoms with Crippen molar-refractivity contribution >= 4 is 27.5 Å². The number of likely N-dealkylation sites (tertiary alicyclic amines) is 1. The summed E-state index contributed by atoms with van der Waals surface area (Å²) in [4.78, 5) is 25.9. The van der Waals surface area contributed by atoms with Gasteiger partial charge in [-0.3, -0.25) is 4.79 Å². The maximum Gasteiger partial charge on any atom is 0.264 e. The Labute approximate surface area is 135 Å². The highest BCUT2D eigenvalue weighted by Crippen LogP contribution is 2.34. The fourth-order valence-electron chi connectivity index (χ4n) is 2.94. The molecule has 0 bridgehead atoms. The van der Waals surface area contributed by atoms with Crippen molar-refractivity contribution in [3.63, 3.8) is 0 Å². The molecule has 0 unspecified atom stereocenters.